The third kappa shape index (κ3) is 10.7. The molecule has 0 heterocycles. The van der Waals surface area contributed by atoms with Crippen LogP contribution in [0.5, 0.6) is 0 Å². The molecule has 0 fully saturated rings. The van der Waals surface area contributed by atoms with Crippen LogP contribution in [-0.2, 0) is 11.8 Å². The van der Waals surface area contributed by atoms with Crippen molar-refractivity contribution in [1.82, 2.24) is 4.90 Å². The van der Waals surface area contributed by atoms with Gasteiger partial charge in [-0.2, -0.15) is 0 Å². The summed E-state index contributed by atoms with van der Waals surface area (Å²) in [5.74, 6) is 0. The van der Waals surface area contributed by atoms with E-state index in [0.29, 0.717) is 0 Å². The molecular formula is C12H24NPS. The first-order chi connectivity index (χ1) is 7.35. The Morgan fingerprint density at radius 1 is 1.00 bits per heavy atom. The van der Waals surface area contributed by atoms with Crippen LogP contribution in [0.25, 0.3) is 0 Å². The predicted molar refractivity (Wildman–Crippen MR) is 73.7 cm³/mol. The van der Waals surface area contributed by atoms with Crippen LogP contribution in [0.15, 0.2) is 0 Å². The second kappa shape index (κ2) is 12.5. The van der Waals surface area contributed by atoms with Crippen molar-refractivity contribution in [1.29, 1.82) is 0 Å². The topological polar surface area (TPSA) is 3.24 Å². The fraction of sp³-hybridized carbons (Fsp3) is 0.917. The molecule has 0 rings (SSSR count). The quantitative estimate of drug-likeness (QED) is 0.445. The summed E-state index contributed by atoms with van der Waals surface area (Å²) < 4.78 is 0. The summed E-state index contributed by atoms with van der Waals surface area (Å²) in [5, 5.41) is 0. The van der Waals surface area contributed by atoms with E-state index in [1.807, 2.05) is 0 Å². The zero-order valence-corrected chi connectivity index (χ0v) is 11.9. The number of nitrogens with zero attached hydrogens (tertiary/aromatic N) is 1. The second-order valence-electron chi connectivity index (χ2n) is 3.90. The summed E-state index contributed by atoms with van der Waals surface area (Å²) in [7, 11) is 0. The van der Waals surface area contributed by atoms with Gasteiger partial charge >= 0.3 is 101 Å². The van der Waals surface area contributed by atoms with E-state index in [1.54, 1.807) is 0 Å². The Hall–Kier alpha value is 0.390. The van der Waals surface area contributed by atoms with Gasteiger partial charge in [0.2, 0.25) is 0 Å². The molecular weight excluding hydrogens is 221 g/mol. The minimum atomic E-state index is 0.891. The van der Waals surface area contributed by atoms with Gasteiger partial charge in [0, 0.05) is 0 Å². The molecule has 0 saturated carbocycles. The third-order valence-electron chi connectivity index (χ3n) is 2.48. The average Bonchev–Trinajstić information content (AvgIpc) is 2.27. The van der Waals surface area contributed by atoms with Crippen LogP contribution < -0.4 is 0 Å². The Morgan fingerprint density at radius 3 is 2.00 bits per heavy atom. The van der Waals surface area contributed by atoms with Crippen molar-refractivity contribution in [2.24, 2.45) is 0 Å². The summed E-state index contributed by atoms with van der Waals surface area (Å²) in [6, 6.07) is 0. The first-order valence-electron chi connectivity index (χ1n) is 6.12. The van der Waals surface area contributed by atoms with Gasteiger partial charge in [-0.1, -0.05) is 0 Å². The van der Waals surface area contributed by atoms with Crippen molar-refractivity contribution < 1.29 is 0 Å². The van der Waals surface area contributed by atoms with E-state index in [0.717, 1.165) is 13.2 Å². The first kappa shape index (κ1) is 15.4. The predicted octanol–water partition coefficient (Wildman–Crippen LogP) is 4.04. The van der Waals surface area contributed by atoms with Crippen molar-refractivity contribution in [3.8, 4) is 5.63 Å². The molecule has 0 aromatic carbocycles. The molecule has 0 radical (unpaired) electrons. The van der Waals surface area contributed by atoms with Crippen molar-refractivity contribution in [3.05, 3.63) is 0 Å². The molecule has 0 saturated heterocycles. The van der Waals surface area contributed by atoms with E-state index in [1.165, 1.54) is 51.7 Å². The zero-order chi connectivity index (χ0) is 11.4. The molecule has 0 N–H and O–H groups in total. The number of hydrogen-bond acceptors (Lipinski definition) is 2. The van der Waals surface area contributed by atoms with Gasteiger partial charge in [-0.3, -0.25) is 0 Å². The van der Waals surface area contributed by atoms with Crippen LogP contribution in [0, 0.1) is 5.63 Å². The molecule has 0 aliphatic rings. The van der Waals surface area contributed by atoms with Crippen molar-refractivity contribution in [2.75, 3.05) is 19.6 Å². The average molecular weight is 245 g/mol. The van der Waals surface area contributed by atoms with Crippen LogP contribution in [0.4, 0.5) is 0 Å². The van der Waals surface area contributed by atoms with Gasteiger partial charge < -0.3 is 0 Å². The molecule has 0 atom stereocenters. The van der Waals surface area contributed by atoms with Crippen molar-refractivity contribution >= 4 is 18.6 Å². The van der Waals surface area contributed by atoms with Gasteiger partial charge in [-0.15, -0.1) is 0 Å². The number of rotatable bonds is 9. The molecule has 0 amide bonds. The molecule has 0 bridgehead atoms. The fourth-order valence-electron chi connectivity index (χ4n) is 1.53. The van der Waals surface area contributed by atoms with Gasteiger partial charge in [-0.05, 0) is 0 Å². The summed E-state index contributed by atoms with van der Waals surface area (Å²) in [5.41, 5.74) is 3.18. The Kier molecular flexibility index (Phi) is 12.8. The molecule has 0 aliphatic heterocycles. The molecule has 0 unspecified atom stereocenters. The normalized spacial score (nSPS) is 10.3. The molecule has 88 valence electrons. The van der Waals surface area contributed by atoms with Crippen LogP contribution in [0.1, 0.15) is 52.4 Å². The van der Waals surface area contributed by atoms with Crippen LogP contribution >= 0.6 is 6.81 Å². The van der Waals surface area contributed by atoms with Gasteiger partial charge in [-0.25, -0.2) is 0 Å². The summed E-state index contributed by atoms with van der Waals surface area (Å²) >= 11 is 4.82. The standard InChI is InChI=1S/C12H24NPS/c1-3-5-9-13(10-6-4-2)11-7-8-12-14-15/h3-11H2,1-2H3. The Morgan fingerprint density at radius 2 is 1.53 bits per heavy atom. The molecule has 0 aromatic rings. The van der Waals surface area contributed by atoms with Gasteiger partial charge in [0.1, 0.15) is 0 Å². The Labute approximate surface area is 101 Å². The SMILES string of the molecule is CCCCN(CCCC)CCCC#P=S. The Balaban J connectivity index is 3.65. The van der Waals surface area contributed by atoms with Crippen LogP contribution in [0.2, 0.25) is 0 Å². The monoisotopic (exact) mass is 245 g/mol. The van der Waals surface area contributed by atoms with E-state index in [-0.39, 0.29) is 0 Å². The van der Waals surface area contributed by atoms with Crippen molar-refractivity contribution in [3.63, 3.8) is 0 Å². The Bertz CT molecular complexity index is 215. The molecule has 3 heteroatoms. The first-order valence-corrected chi connectivity index (χ1v) is 8.03. The second-order valence-corrected chi connectivity index (χ2v) is 4.95. The van der Waals surface area contributed by atoms with Crippen LogP contribution in [0.3, 0.4) is 0 Å². The van der Waals surface area contributed by atoms with Gasteiger partial charge in [0.05, 0.1) is 0 Å². The van der Waals surface area contributed by atoms with Gasteiger partial charge in [0.15, 0.2) is 0 Å². The molecule has 0 aromatic heterocycles. The third-order valence-corrected chi connectivity index (χ3v) is 3.22. The van der Waals surface area contributed by atoms with E-state index in [4.69, 9.17) is 11.8 Å². The maximum atomic E-state index is 4.82. The molecule has 15 heavy (non-hydrogen) atoms. The molecule has 0 spiro atoms. The minimum absolute atomic E-state index is 0.891. The number of hydrogen-bond donors (Lipinski definition) is 0. The zero-order valence-electron chi connectivity index (χ0n) is 10.2. The van der Waals surface area contributed by atoms with E-state index in [2.05, 4.69) is 24.4 Å². The number of unbranched alkanes of at least 4 members (excludes halogenated alkanes) is 3. The fourth-order valence-corrected chi connectivity index (χ4v) is 2.05. The molecule has 0 aliphatic carbocycles. The molecule has 1 nitrogen and oxygen atoms in total. The summed E-state index contributed by atoms with van der Waals surface area (Å²) in [6.07, 6.45) is 7.53. The van der Waals surface area contributed by atoms with Crippen LogP contribution in [-0.4, -0.2) is 24.5 Å². The maximum absolute atomic E-state index is 4.82. The summed E-state index contributed by atoms with van der Waals surface area (Å²) in [4.78, 5) is 2.59. The van der Waals surface area contributed by atoms with E-state index in [9.17, 15) is 0 Å². The van der Waals surface area contributed by atoms with Crippen molar-refractivity contribution in [2.45, 2.75) is 52.4 Å². The van der Waals surface area contributed by atoms with E-state index < -0.39 is 0 Å². The summed E-state index contributed by atoms with van der Waals surface area (Å²) in [6.45, 7) is 9.16. The van der Waals surface area contributed by atoms with E-state index >= 15 is 0 Å². The van der Waals surface area contributed by atoms with Gasteiger partial charge in [0.25, 0.3) is 0 Å².